The normalized spacial score (nSPS) is 15.7. The van der Waals surface area contributed by atoms with Gasteiger partial charge in [0.1, 0.15) is 5.00 Å². The maximum absolute atomic E-state index is 6.06. The number of nitrogens with zero attached hydrogens (tertiary/aromatic N) is 2. The predicted octanol–water partition coefficient (Wildman–Crippen LogP) is 3.60. The van der Waals surface area contributed by atoms with E-state index in [4.69, 9.17) is 5.73 Å². The summed E-state index contributed by atoms with van der Waals surface area (Å²) >= 11 is 1.75. The van der Waals surface area contributed by atoms with Gasteiger partial charge in [-0.2, -0.15) is 0 Å². The van der Waals surface area contributed by atoms with Crippen LogP contribution in [0.1, 0.15) is 10.4 Å². The standard InChI is InChI=1S/C18H24N4S/c1-13-12-15(14(2)22-10-8-21(3)9-11-22)18(23-13)20-17-7-5-4-6-16(17)19/h4-7,12,20H,2,8-11,19H2,1,3H3. The number of anilines is 3. The second-order valence-corrected chi connectivity index (χ2v) is 7.31. The molecule has 1 aromatic heterocycles. The number of piperazine rings is 1. The molecule has 0 saturated carbocycles. The summed E-state index contributed by atoms with van der Waals surface area (Å²) in [5.74, 6) is 0. The molecule has 3 N–H and O–H groups in total. The average Bonchev–Trinajstić information content (AvgIpc) is 2.90. The van der Waals surface area contributed by atoms with E-state index in [1.807, 2.05) is 24.3 Å². The molecule has 5 heteroatoms. The fraction of sp³-hybridized carbons (Fsp3) is 0.333. The highest BCUT2D eigenvalue weighted by Gasteiger charge is 2.19. The van der Waals surface area contributed by atoms with E-state index in [9.17, 15) is 0 Å². The fourth-order valence-electron chi connectivity index (χ4n) is 2.80. The third kappa shape index (κ3) is 3.51. The van der Waals surface area contributed by atoms with E-state index in [1.54, 1.807) is 11.3 Å². The highest BCUT2D eigenvalue weighted by atomic mass is 32.1. The Bertz CT molecular complexity index is 699. The first-order chi connectivity index (χ1) is 11.0. The Morgan fingerprint density at radius 3 is 2.61 bits per heavy atom. The Morgan fingerprint density at radius 2 is 1.91 bits per heavy atom. The molecule has 0 atom stereocenters. The number of aryl methyl sites for hydroxylation is 1. The first kappa shape index (κ1) is 15.9. The first-order valence-electron chi connectivity index (χ1n) is 7.89. The van der Waals surface area contributed by atoms with Gasteiger partial charge in [0, 0.05) is 42.3 Å². The van der Waals surface area contributed by atoms with E-state index < -0.39 is 0 Å². The molecular weight excluding hydrogens is 304 g/mol. The number of thiophene rings is 1. The van der Waals surface area contributed by atoms with Gasteiger partial charge >= 0.3 is 0 Å². The second-order valence-electron chi connectivity index (χ2n) is 6.05. The molecule has 1 aromatic carbocycles. The number of hydrogen-bond donors (Lipinski definition) is 2. The predicted molar refractivity (Wildman–Crippen MR) is 101 cm³/mol. The van der Waals surface area contributed by atoms with Crippen LogP contribution >= 0.6 is 11.3 Å². The number of nitrogens with two attached hydrogens (primary N) is 1. The van der Waals surface area contributed by atoms with Crippen molar-refractivity contribution in [1.82, 2.24) is 9.80 Å². The van der Waals surface area contributed by atoms with Gasteiger partial charge in [0.25, 0.3) is 0 Å². The van der Waals surface area contributed by atoms with E-state index in [0.717, 1.165) is 48.3 Å². The molecule has 0 aliphatic carbocycles. The molecule has 122 valence electrons. The molecule has 1 aliphatic heterocycles. The Hall–Kier alpha value is -1.98. The summed E-state index contributed by atoms with van der Waals surface area (Å²) < 4.78 is 0. The van der Waals surface area contributed by atoms with E-state index in [1.165, 1.54) is 10.4 Å². The molecule has 0 bridgehead atoms. The lowest BCUT2D eigenvalue weighted by molar-refractivity contribution is 0.207. The first-order valence-corrected chi connectivity index (χ1v) is 8.71. The van der Waals surface area contributed by atoms with Crippen LogP contribution in [0.5, 0.6) is 0 Å². The Balaban J connectivity index is 1.83. The third-order valence-electron chi connectivity index (χ3n) is 4.26. The van der Waals surface area contributed by atoms with Gasteiger partial charge in [-0.25, -0.2) is 0 Å². The molecule has 23 heavy (non-hydrogen) atoms. The summed E-state index contributed by atoms with van der Waals surface area (Å²) in [4.78, 5) is 6.00. The lowest BCUT2D eigenvalue weighted by Gasteiger charge is -2.35. The Morgan fingerprint density at radius 1 is 1.22 bits per heavy atom. The molecule has 2 heterocycles. The molecule has 2 aromatic rings. The quantitative estimate of drug-likeness (QED) is 0.842. The molecule has 1 saturated heterocycles. The summed E-state index contributed by atoms with van der Waals surface area (Å²) in [7, 11) is 2.17. The lowest BCUT2D eigenvalue weighted by Crippen LogP contribution is -2.43. The van der Waals surface area contributed by atoms with E-state index >= 15 is 0 Å². The van der Waals surface area contributed by atoms with Gasteiger partial charge in [-0.3, -0.25) is 0 Å². The molecule has 1 fully saturated rings. The van der Waals surface area contributed by atoms with Crippen molar-refractivity contribution < 1.29 is 0 Å². The van der Waals surface area contributed by atoms with Gasteiger partial charge in [0.15, 0.2) is 0 Å². The molecule has 0 unspecified atom stereocenters. The maximum Gasteiger partial charge on any atom is 0.102 e. The lowest BCUT2D eigenvalue weighted by atomic mass is 10.1. The van der Waals surface area contributed by atoms with Gasteiger partial charge < -0.3 is 20.9 Å². The summed E-state index contributed by atoms with van der Waals surface area (Å²) in [6, 6.07) is 10.1. The smallest absolute Gasteiger partial charge is 0.102 e. The van der Waals surface area contributed by atoms with Crippen LogP contribution < -0.4 is 11.1 Å². The SMILES string of the molecule is C=C(c1cc(C)sc1Nc1ccccc1N)N1CCN(C)CC1. The van der Waals surface area contributed by atoms with Crippen molar-refractivity contribution in [1.29, 1.82) is 0 Å². The highest BCUT2D eigenvalue weighted by Crippen LogP contribution is 2.37. The van der Waals surface area contributed by atoms with Gasteiger partial charge in [-0.15, -0.1) is 11.3 Å². The van der Waals surface area contributed by atoms with Crippen LogP contribution in [-0.2, 0) is 0 Å². The number of para-hydroxylation sites is 2. The topological polar surface area (TPSA) is 44.5 Å². The van der Waals surface area contributed by atoms with Crippen LogP contribution in [0.3, 0.4) is 0 Å². The minimum Gasteiger partial charge on any atom is -0.397 e. The second kappa shape index (κ2) is 6.64. The molecule has 0 spiro atoms. The number of nitrogens with one attached hydrogen (secondary N) is 1. The number of benzene rings is 1. The summed E-state index contributed by atoms with van der Waals surface area (Å²) in [5, 5.41) is 4.60. The third-order valence-corrected chi connectivity index (χ3v) is 5.23. The van der Waals surface area contributed by atoms with Crippen LogP contribution in [0.4, 0.5) is 16.4 Å². The molecule has 3 rings (SSSR count). The Kier molecular flexibility index (Phi) is 4.59. The largest absolute Gasteiger partial charge is 0.397 e. The van der Waals surface area contributed by atoms with Crippen LogP contribution in [-0.4, -0.2) is 43.0 Å². The van der Waals surface area contributed by atoms with Crippen molar-refractivity contribution in [2.24, 2.45) is 0 Å². The van der Waals surface area contributed by atoms with E-state index in [2.05, 4.69) is 41.7 Å². The van der Waals surface area contributed by atoms with Crippen LogP contribution in [0.2, 0.25) is 0 Å². The summed E-state index contributed by atoms with van der Waals surface area (Å²) in [6.45, 7) is 10.7. The molecule has 1 aliphatic rings. The molecule has 0 radical (unpaired) electrons. The summed E-state index contributed by atoms with van der Waals surface area (Å²) in [6.07, 6.45) is 0. The van der Waals surface area contributed by atoms with Crippen molar-refractivity contribution in [3.63, 3.8) is 0 Å². The number of nitrogen functional groups attached to an aromatic ring is 1. The van der Waals surface area contributed by atoms with E-state index in [0.29, 0.717) is 0 Å². The minimum atomic E-state index is 0.759. The van der Waals surface area contributed by atoms with Gasteiger partial charge in [0.2, 0.25) is 0 Å². The van der Waals surface area contributed by atoms with Crippen molar-refractivity contribution in [2.75, 3.05) is 44.3 Å². The highest BCUT2D eigenvalue weighted by molar-refractivity contribution is 7.16. The molecule has 0 amide bonds. The zero-order valence-corrected chi connectivity index (χ0v) is 14.6. The number of likely N-dealkylation sites (N-methyl/N-ethyl adjacent to an activating group) is 1. The monoisotopic (exact) mass is 328 g/mol. The summed E-state index contributed by atoms with van der Waals surface area (Å²) in [5.41, 5.74) is 10.0. The van der Waals surface area contributed by atoms with Crippen LogP contribution in [0.15, 0.2) is 36.9 Å². The maximum atomic E-state index is 6.06. The van der Waals surface area contributed by atoms with Crippen LogP contribution in [0.25, 0.3) is 5.70 Å². The zero-order chi connectivity index (χ0) is 16.4. The van der Waals surface area contributed by atoms with Gasteiger partial charge in [0.05, 0.1) is 11.4 Å². The van der Waals surface area contributed by atoms with Crippen molar-refractivity contribution in [3.05, 3.63) is 47.4 Å². The van der Waals surface area contributed by atoms with Gasteiger partial charge in [-0.05, 0) is 32.2 Å². The Labute approximate surface area is 142 Å². The van der Waals surface area contributed by atoms with Crippen molar-refractivity contribution in [3.8, 4) is 0 Å². The van der Waals surface area contributed by atoms with Crippen molar-refractivity contribution in [2.45, 2.75) is 6.92 Å². The van der Waals surface area contributed by atoms with E-state index in [-0.39, 0.29) is 0 Å². The number of rotatable bonds is 4. The van der Waals surface area contributed by atoms with Gasteiger partial charge in [-0.1, -0.05) is 18.7 Å². The molecule has 4 nitrogen and oxygen atoms in total. The fourth-order valence-corrected chi connectivity index (χ4v) is 3.75. The number of hydrogen-bond acceptors (Lipinski definition) is 5. The van der Waals surface area contributed by atoms with Crippen LogP contribution in [0, 0.1) is 6.92 Å². The van der Waals surface area contributed by atoms with Crippen molar-refractivity contribution >= 4 is 33.4 Å². The average molecular weight is 328 g/mol. The zero-order valence-electron chi connectivity index (χ0n) is 13.8. The minimum absolute atomic E-state index is 0.759. The molecular formula is C18H24N4S.